The number of benzene rings is 1. The van der Waals surface area contributed by atoms with E-state index in [0.717, 1.165) is 6.42 Å². The lowest BCUT2D eigenvalue weighted by molar-refractivity contribution is -0.0520. The molecule has 0 heterocycles. The lowest BCUT2D eigenvalue weighted by Crippen LogP contribution is -2.37. The highest BCUT2D eigenvalue weighted by Crippen LogP contribution is 2.32. The zero-order valence-electron chi connectivity index (χ0n) is 16.5. The van der Waals surface area contributed by atoms with Crippen molar-refractivity contribution in [3.8, 4) is 11.5 Å². The smallest absolute Gasteiger partial charge is 0.387 e. The Morgan fingerprint density at radius 2 is 1.96 bits per heavy atom. The zero-order chi connectivity index (χ0) is 19.9. The molecule has 1 rings (SSSR count). The minimum atomic E-state index is -2.93. The monoisotopic (exact) mass is 517 g/mol. The van der Waals surface area contributed by atoms with Gasteiger partial charge in [-0.15, -0.1) is 24.0 Å². The van der Waals surface area contributed by atoms with Crippen molar-refractivity contribution in [1.29, 1.82) is 0 Å². The molecule has 0 unspecified atom stereocenters. The van der Waals surface area contributed by atoms with Gasteiger partial charge in [-0.3, -0.25) is 4.99 Å². The first-order valence-electron chi connectivity index (χ1n) is 8.83. The predicted octanol–water partition coefficient (Wildman–Crippen LogP) is 3.02. The van der Waals surface area contributed by atoms with Crippen molar-refractivity contribution in [2.24, 2.45) is 4.99 Å². The second kappa shape index (κ2) is 16.5. The van der Waals surface area contributed by atoms with Crippen molar-refractivity contribution in [3.63, 3.8) is 0 Å². The Balaban J connectivity index is 0.00000729. The van der Waals surface area contributed by atoms with Crippen molar-refractivity contribution >= 4 is 29.9 Å². The molecule has 0 aliphatic heterocycles. The number of ether oxygens (including phenoxy) is 4. The number of rotatable bonds is 13. The second-order valence-corrected chi connectivity index (χ2v) is 5.37. The van der Waals surface area contributed by atoms with Crippen LogP contribution in [0.4, 0.5) is 8.78 Å². The van der Waals surface area contributed by atoms with Crippen molar-refractivity contribution < 1.29 is 27.7 Å². The molecule has 10 heteroatoms. The third-order valence-electron chi connectivity index (χ3n) is 3.43. The molecule has 28 heavy (non-hydrogen) atoms. The first kappa shape index (κ1) is 26.6. The summed E-state index contributed by atoms with van der Waals surface area (Å²) in [5.74, 6) is 0.869. The Kier molecular flexibility index (Phi) is 15.7. The fraction of sp³-hybridized carbons (Fsp3) is 0.611. The van der Waals surface area contributed by atoms with Gasteiger partial charge in [-0.1, -0.05) is 12.1 Å². The summed E-state index contributed by atoms with van der Waals surface area (Å²) in [4.78, 5) is 4.11. The predicted molar refractivity (Wildman–Crippen MR) is 115 cm³/mol. The molecule has 0 atom stereocenters. The summed E-state index contributed by atoms with van der Waals surface area (Å²) in [7, 11) is 3.26. The van der Waals surface area contributed by atoms with Crippen LogP contribution in [0.3, 0.4) is 0 Å². The minimum Gasteiger partial charge on any atom is -0.490 e. The molecule has 0 amide bonds. The topological polar surface area (TPSA) is 73.3 Å². The van der Waals surface area contributed by atoms with Gasteiger partial charge in [-0.05, 0) is 19.4 Å². The van der Waals surface area contributed by atoms with Crippen molar-refractivity contribution in [2.75, 3.05) is 47.1 Å². The fourth-order valence-electron chi connectivity index (χ4n) is 2.22. The van der Waals surface area contributed by atoms with E-state index < -0.39 is 6.61 Å². The van der Waals surface area contributed by atoms with Crippen LogP contribution in [0, 0.1) is 0 Å². The van der Waals surface area contributed by atoms with E-state index in [-0.39, 0.29) is 42.0 Å². The number of hydrogen-bond acceptors (Lipinski definition) is 5. The molecule has 0 saturated heterocycles. The van der Waals surface area contributed by atoms with Gasteiger partial charge in [-0.25, -0.2) is 0 Å². The SMILES string of the molecule is CCOc1cccc(CNC(=NC)NCCCOCCOC)c1OC(F)F.I. The van der Waals surface area contributed by atoms with Gasteiger partial charge in [0.1, 0.15) is 0 Å². The van der Waals surface area contributed by atoms with Crippen LogP contribution in [0.1, 0.15) is 18.9 Å². The highest BCUT2D eigenvalue weighted by Gasteiger charge is 2.15. The van der Waals surface area contributed by atoms with E-state index in [1.807, 2.05) is 0 Å². The van der Waals surface area contributed by atoms with Crippen LogP contribution in [-0.4, -0.2) is 59.7 Å². The minimum absolute atomic E-state index is 0. The molecule has 0 spiro atoms. The fourth-order valence-corrected chi connectivity index (χ4v) is 2.22. The quantitative estimate of drug-likeness (QED) is 0.182. The third kappa shape index (κ3) is 10.8. The van der Waals surface area contributed by atoms with Gasteiger partial charge in [0.2, 0.25) is 0 Å². The largest absolute Gasteiger partial charge is 0.490 e. The maximum absolute atomic E-state index is 12.7. The first-order chi connectivity index (χ1) is 13.1. The van der Waals surface area contributed by atoms with Gasteiger partial charge >= 0.3 is 6.61 Å². The average Bonchev–Trinajstić information content (AvgIpc) is 2.65. The first-order valence-corrected chi connectivity index (χ1v) is 8.83. The van der Waals surface area contributed by atoms with Gasteiger partial charge in [-0.2, -0.15) is 8.78 Å². The summed E-state index contributed by atoms with van der Waals surface area (Å²) < 4.78 is 45.8. The molecule has 0 aliphatic rings. The van der Waals surface area contributed by atoms with Crippen LogP contribution in [0.15, 0.2) is 23.2 Å². The lowest BCUT2D eigenvalue weighted by Gasteiger charge is -2.17. The highest BCUT2D eigenvalue weighted by atomic mass is 127. The maximum atomic E-state index is 12.7. The Morgan fingerprint density at radius 3 is 2.61 bits per heavy atom. The number of hydrogen-bond donors (Lipinski definition) is 2. The molecular formula is C18H30F2IN3O4. The summed E-state index contributed by atoms with van der Waals surface area (Å²) in [6.45, 7) is 1.86. The van der Waals surface area contributed by atoms with Crippen molar-refractivity contribution in [3.05, 3.63) is 23.8 Å². The average molecular weight is 517 g/mol. The number of methoxy groups -OCH3 is 1. The zero-order valence-corrected chi connectivity index (χ0v) is 18.8. The Bertz CT molecular complexity index is 566. The molecule has 0 aromatic heterocycles. The van der Waals surface area contributed by atoms with Crippen LogP contribution >= 0.6 is 24.0 Å². The molecule has 7 nitrogen and oxygen atoms in total. The Labute approximate surface area is 182 Å². The summed E-state index contributed by atoms with van der Waals surface area (Å²) in [5, 5.41) is 6.22. The molecule has 2 N–H and O–H groups in total. The maximum Gasteiger partial charge on any atom is 0.387 e. The van der Waals surface area contributed by atoms with E-state index in [1.165, 1.54) is 0 Å². The van der Waals surface area contributed by atoms with Gasteiger partial charge in [0.05, 0.1) is 19.8 Å². The molecule has 162 valence electrons. The number of para-hydroxylation sites is 1. The summed E-state index contributed by atoms with van der Waals surface area (Å²) in [5.41, 5.74) is 0.548. The number of guanidine groups is 1. The van der Waals surface area contributed by atoms with Gasteiger partial charge in [0.25, 0.3) is 0 Å². The van der Waals surface area contributed by atoms with Crippen LogP contribution in [-0.2, 0) is 16.0 Å². The van der Waals surface area contributed by atoms with E-state index in [4.69, 9.17) is 14.2 Å². The number of nitrogens with zero attached hydrogens (tertiary/aromatic N) is 1. The van der Waals surface area contributed by atoms with E-state index in [1.54, 1.807) is 39.3 Å². The number of alkyl halides is 2. The van der Waals surface area contributed by atoms with Crippen molar-refractivity contribution in [1.82, 2.24) is 10.6 Å². The molecule has 0 bridgehead atoms. The summed E-state index contributed by atoms with van der Waals surface area (Å²) >= 11 is 0. The molecule has 0 saturated carbocycles. The van der Waals surface area contributed by atoms with E-state index in [2.05, 4.69) is 20.4 Å². The van der Waals surface area contributed by atoms with Crippen molar-refractivity contribution in [2.45, 2.75) is 26.5 Å². The Morgan fingerprint density at radius 1 is 1.18 bits per heavy atom. The summed E-state index contributed by atoms with van der Waals surface area (Å²) in [6.07, 6.45) is 0.796. The van der Waals surface area contributed by atoms with Crippen LogP contribution in [0.5, 0.6) is 11.5 Å². The molecular weight excluding hydrogens is 487 g/mol. The number of aliphatic imine (C=N–C) groups is 1. The van der Waals surface area contributed by atoms with E-state index in [0.29, 0.717) is 44.5 Å². The third-order valence-corrected chi connectivity index (χ3v) is 3.43. The van der Waals surface area contributed by atoms with E-state index >= 15 is 0 Å². The van der Waals surface area contributed by atoms with Crippen LogP contribution in [0.2, 0.25) is 0 Å². The standard InChI is InChI=1S/C18H29F2N3O4.HI/c1-4-26-15-8-5-7-14(16(15)27-17(19)20)13-23-18(21-2)22-9-6-10-25-12-11-24-3;/h5,7-8,17H,4,6,9-13H2,1-3H3,(H2,21,22,23);1H. The van der Waals surface area contributed by atoms with Gasteiger partial charge in [0.15, 0.2) is 17.5 Å². The van der Waals surface area contributed by atoms with E-state index in [9.17, 15) is 8.78 Å². The highest BCUT2D eigenvalue weighted by molar-refractivity contribution is 14.0. The molecule has 0 radical (unpaired) electrons. The van der Waals surface area contributed by atoms with Crippen LogP contribution in [0.25, 0.3) is 0 Å². The normalized spacial score (nSPS) is 11.1. The lowest BCUT2D eigenvalue weighted by atomic mass is 10.2. The van der Waals surface area contributed by atoms with Gasteiger partial charge < -0.3 is 29.6 Å². The number of nitrogens with one attached hydrogen (secondary N) is 2. The second-order valence-electron chi connectivity index (χ2n) is 5.37. The van der Waals surface area contributed by atoms with Crippen LogP contribution < -0.4 is 20.1 Å². The molecule has 1 aromatic rings. The Hall–Kier alpha value is -1.40. The molecule has 0 aliphatic carbocycles. The van der Waals surface area contributed by atoms with Gasteiger partial charge in [0, 0.05) is 39.4 Å². The summed E-state index contributed by atoms with van der Waals surface area (Å²) in [6, 6.07) is 5.03. The molecule has 0 fully saturated rings. The molecule has 1 aromatic carbocycles. The number of halogens is 3.